The molecule has 0 bridgehead atoms. The van der Waals surface area contributed by atoms with Crippen molar-refractivity contribution in [2.24, 2.45) is 5.92 Å². The number of rotatable bonds is 2. The van der Waals surface area contributed by atoms with Gasteiger partial charge < -0.3 is 0 Å². The van der Waals surface area contributed by atoms with Crippen molar-refractivity contribution in [3.05, 3.63) is 12.7 Å². The Balaban J connectivity index is 2.08. The molecule has 7 heavy (non-hydrogen) atoms. The molecule has 1 heteroatoms. The summed E-state index contributed by atoms with van der Waals surface area (Å²) >= 11 is 4.26. The molecular weight excluding hydrogens is 104 g/mol. The molecular formula is C6H10S. The van der Waals surface area contributed by atoms with E-state index in [-0.39, 0.29) is 0 Å². The summed E-state index contributed by atoms with van der Waals surface area (Å²) in [6.07, 6.45) is 4.43. The quantitative estimate of drug-likeness (QED) is 0.411. The summed E-state index contributed by atoms with van der Waals surface area (Å²) in [6, 6.07) is 0. The highest BCUT2D eigenvalue weighted by Gasteiger charge is 2.31. The third-order valence-corrected chi connectivity index (χ3v) is 1.99. The Bertz CT molecular complexity index is 78.2. The van der Waals surface area contributed by atoms with Crippen LogP contribution < -0.4 is 0 Å². The van der Waals surface area contributed by atoms with E-state index in [1.54, 1.807) is 0 Å². The van der Waals surface area contributed by atoms with E-state index in [1.807, 2.05) is 6.08 Å². The first-order chi connectivity index (χ1) is 3.34. The zero-order valence-corrected chi connectivity index (χ0v) is 5.20. The smallest absolute Gasteiger partial charge is 0.00515 e. The van der Waals surface area contributed by atoms with Crippen molar-refractivity contribution in [2.75, 3.05) is 0 Å². The average molecular weight is 114 g/mol. The van der Waals surface area contributed by atoms with Crippen LogP contribution in [0.15, 0.2) is 12.7 Å². The highest BCUT2D eigenvalue weighted by molar-refractivity contribution is 7.81. The summed E-state index contributed by atoms with van der Waals surface area (Å²) in [5, 5.41) is 0.693. The van der Waals surface area contributed by atoms with Crippen molar-refractivity contribution in [2.45, 2.75) is 18.1 Å². The molecule has 1 aliphatic carbocycles. The lowest BCUT2D eigenvalue weighted by atomic mass is 10.3. The lowest BCUT2D eigenvalue weighted by Crippen LogP contribution is -1.72. The van der Waals surface area contributed by atoms with E-state index in [1.165, 1.54) is 6.42 Å². The highest BCUT2D eigenvalue weighted by Crippen LogP contribution is 2.38. The third-order valence-electron chi connectivity index (χ3n) is 1.35. The summed E-state index contributed by atoms with van der Waals surface area (Å²) < 4.78 is 0. The molecule has 0 N–H and O–H groups in total. The zero-order valence-electron chi connectivity index (χ0n) is 4.30. The fourth-order valence-corrected chi connectivity index (χ4v) is 1.09. The van der Waals surface area contributed by atoms with Gasteiger partial charge >= 0.3 is 0 Å². The van der Waals surface area contributed by atoms with E-state index < -0.39 is 0 Å². The Kier molecular flexibility index (Phi) is 1.43. The molecule has 40 valence electrons. The first-order valence-electron chi connectivity index (χ1n) is 2.63. The van der Waals surface area contributed by atoms with Gasteiger partial charge in [0.1, 0.15) is 0 Å². The standard InChI is InChI=1S/C6H10S/c1-2-3-5-4-6(5)7/h2,5-7H,1,3-4H2/t5?,6-/m1/s1. The van der Waals surface area contributed by atoms with Gasteiger partial charge in [-0.15, -0.1) is 6.58 Å². The van der Waals surface area contributed by atoms with E-state index in [2.05, 4.69) is 19.2 Å². The molecule has 2 atom stereocenters. The highest BCUT2D eigenvalue weighted by atomic mass is 32.1. The van der Waals surface area contributed by atoms with Crippen LogP contribution in [0.4, 0.5) is 0 Å². The topological polar surface area (TPSA) is 0 Å². The minimum absolute atomic E-state index is 0.693. The minimum atomic E-state index is 0.693. The lowest BCUT2D eigenvalue weighted by Gasteiger charge is -1.81. The van der Waals surface area contributed by atoms with Gasteiger partial charge in [0.2, 0.25) is 0 Å². The van der Waals surface area contributed by atoms with Crippen LogP contribution in [-0.2, 0) is 0 Å². The Hall–Kier alpha value is 0.0900. The zero-order chi connectivity index (χ0) is 5.28. The maximum Gasteiger partial charge on any atom is 0.00515 e. The van der Waals surface area contributed by atoms with Crippen molar-refractivity contribution in [3.63, 3.8) is 0 Å². The van der Waals surface area contributed by atoms with Gasteiger partial charge in [-0.1, -0.05) is 6.08 Å². The van der Waals surface area contributed by atoms with Gasteiger partial charge in [-0.2, -0.15) is 12.6 Å². The Labute approximate surface area is 50.0 Å². The van der Waals surface area contributed by atoms with E-state index >= 15 is 0 Å². The monoisotopic (exact) mass is 114 g/mol. The van der Waals surface area contributed by atoms with E-state index in [0.717, 1.165) is 12.3 Å². The van der Waals surface area contributed by atoms with Gasteiger partial charge in [0, 0.05) is 5.25 Å². The molecule has 0 spiro atoms. The first-order valence-corrected chi connectivity index (χ1v) is 3.15. The lowest BCUT2D eigenvalue weighted by molar-refractivity contribution is 0.870. The van der Waals surface area contributed by atoms with Gasteiger partial charge in [-0.05, 0) is 18.8 Å². The number of hydrogen-bond donors (Lipinski definition) is 1. The van der Waals surface area contributed by atoms with E-state index in [4.69, 9.17) is 0 Å². The second-order valence-electron chi connectivity index (χ2n) is 2.09. The minimum Gasteiger partial charge on any atom is -0.176 e. The maximum atomic E-state index is 4.26. The van der Waals surface area contributed by atoms with E-state index in [0.29, 0.717) is 5.25 Å². The van der Waals surface area contributed by atoms with Crippen LogP contribution in [0, 0.1) is 5.92 Å². The van der Waals surface area contributed by atoms with Crippen molar-refractivity contribution >= 4 is 12.6 Å². The van der Waals surface area contributed by atoms with Gasteiger partial charge in [0.25, 0.3) is 0 Å². The van der Waals surface area contributed by atoms with Gasteiger partial charge in [-0.25, -0.2) is 0 Å². The molecule has 1 fully saturated rings. The molecule has 1 aliphatic rings. The van der Waals surface area contributed by atoms with Crippen molar-refractivity contribution in [1.29, 1.82) is 0 Å². The molecule has 0 radical (unpaired) electrons. The fourth-order valence-electron chi connectivity index (χ4n) is 0.699. The number of hydrogen-bond acceptors (Lipinski definition) is 1. The second-order valence-corrected chi connectivity index (χ2v) is 2.75. The maximum absolute atomic E-state index is 4.26. The SMILES string of the molecule is C=CCC1C[C@H]1S. The Morgan fingerprint density at radius 3 is 2.57 bits per heavy atom. The second kappa shape index (κ2) is 1.91. The molecule has 0 amide bonds. The molecule has 0 aromatic carbocycles. The van der Waals surface area contributed by atoms with Crippen LogP contribution in [0.5, 0.6) is 0 Å². The molecule has 0 aliphatic heterocycles. The predicted octanol–water partition coefficient (Wildman–Crippen LogP) is 1.88. The van der Waals surface area contributed by atoms with Crippen LogP contribution >= 0.6 is 12.6 Å². The van der Waals surface area contributed by atoms with Crippen LogP contribution in [0.1, 0.15) is 12.8 Å². The van der Waals surface area contributed by atoms with Gasteiger partial charge in [-0.3, -0.25) is 0 Å². The molecule has 1 saturated carbocycles. The summed E-state index contributed by atoms with van der Waals surface area (Å²) in [5.41, 5.74) is 0. The fraction of sp³-hybridized carbons (Fsp3) is 0.667. The van der Waals surface area contributed by atoms with Crippen molar-refractivity contribution in [3.8, 4) is 0 Å². The average Bonchev–Trinajstić information content (AvgIpc) is 2.22. The number of allylic oxidation sites excluding steroid dienone is 1. The Morgan fingerprint density at radius 2 is 2.43 bits per heavy atom. The first kappa shape index (κ1) is 5.23. The normalized spacial score (nSPS) is 37.9. The summed E-state index contributed by atoms with van der Waals surface area (Å²) in [4.78, 5) is 0. The van der Waals surface area contributed by atoms with Crippen LogP contribution in [-0.4, -0.2) is 5.25 Å². The van der Waals surface area contributed by atoms with Crippen LogP contribution in [0.3, 0.4) is 0 Å². The molecule has 0 aromatic heterocycles. The van der Waals surface area contributed by atoms with E-state index in [9.17, 15) is 0 Å². The van der Waals surface area contributed by atoms with Crippen LogP contribution in [0.25, 0.3) is 0 Å². The molecule has 1 unspecified atom stereocenters. The largest absolute Gasteiger partial charge is 0.176 e. The third kappa shape index (κ3) is 1.23. The van der Waals surface area contributed by atoms with Crippen molar-refractivity contribution < 1.29 is 0 Å². The number of thiol groups is 1. The molecule has 0 nitrogen and oxygen atoms in total. The van der Waals surface area contributed by atoms with Crippen molar-refractivity contribution in [1.82, 2.24) is 0 Å². The Morgan fingerprint density at radius 1 is 1.86 bits per heavy atom. The summed E-state index contributed by atoms with van der Waals surface area (Å²) in [7, 11) is 0. The summed E-state index contributed by atoms with van der Waals surface area (Å²) in [6.45, 7) is 3.64. The molecule has 1 rings (SSSR count). The molecule has 0 aromatic rings. The molecule has 0 saturated heterocycles. The van der Waals surface area contributed by atoms with Gasteiger partial charge in [0.05, 0.1) is 0 Å². The van der Waals surface area contributed by atoms with Crippen LogP contribution in [0.2, 0.25) is 0 Å². The van der Waals surface area contributed by atoms with Gasteiger partial charge in [0.15, 0.2) is 0 Å². The summed E-state index contributed by atoms with van der Waals surface area (Å²) in [5.74, 6) is 0.862. The predicted molar refractivity (Wildman–Crippen MR) is 35.7 cm³/mol. The molecule has 0 heterocycles.